The minimum atomic E-state index is -1.45. The van der Waals surface area contributed by atoms with Crippen LogP contribution in [0.3, 0.4) is 0 Å². The molecular formula is C10H16N2O4. The molecule has 2 aliphatic heterocycles. The van der Waals surface area contributed by atoms with Gasteiger partial charge in [0.05, 0.1) is 12.7 Å². The lowest BCUT2D eigenvalue weighted by Gasteiger charge is -2.35. The van der Waals surface area contributed by atoms with E-state index in [2.05, 4.69) is 10.2 Å². The fourth-order valence-corrected chi connectivity index (χ4v) is 2.29. The minimum Gasteiger partial charge on any atom is -0.474 e. The second-order valence-corrected chi connectivity index (χ2v) is 4.26. The summed E-state index contributed by atoms with van der Waals surface area (Å²) in [7, 11) is 0. The quantitative estimate of drug-likeness (QED) is 0.596. The fourth-order valence-electron chi connectivity index (χ4n) is 2.29. The number of rotatable bonds is 2. The van der Waals surface area contributed by atoms with Crippen molar-refractivity contribution < 1.29 is 19.4 Å². The van der Waals surface area contributed by atoms with Gasteiger partial charge in [-0.15, -0.1) is 0 Å². The van der Waals surface area contributed by atoms with Crippen molar-refractivity contribution in [3.05, 3.63) is 0 Å². The van der Waals surface area contributed by atoms with E-state index in [1.165, 1.54) is 12.8 Å². The minimum absolute atomic E-state index is 0.0855. The van der Waals surface area contributed by atoms with Gasteiger partial charge in [-0.3, -0.25) is 9.69 Å². The summed E-state index contributed by atoms with van der Waals surface area (Å²) in [6.45, 7) is 2.82. The van der Waals surface area contributed by atoms with E-state index in [0.29, 0.717) is 12.6 Å². The molecular weight excluding hydrogens is 212 g/mol. The smallest absolute Gasteiger partial charge is 0.394 e. The van der Waals surface area contributed by atoms with Crippen LogP contribution in [0.5, 0.6) is 0 Å². The standard InChI is InChI=1S/C10H16N2O4/c13-9(10(14)15)11-4-8-5-12-3-1-2-7(12)6-16-8/h7-8H,1-6H2,(H,11,13)(H,14,15). The van der Waals surface area contributed by atoms with E-state index in [4.69, 9.17) is 9.84 Å². The van der Waals surface area contributed by atoms with Gasteiger partial charge in [-0.25, -0.2) is 4.79 Å². The van der Waals surface area contributed by atoms with Crippen LogP contribution >= 0.6 is 0 Å². The van der Waals surface area contributed by atoms with Crippen molar-refractivity contribution in [2.45, 2.75) is 25.0 Å². The second-order valence-electron chi connectivity index (χ2n) is 4.26. The van der Waals surface area contributed by atoms with E-state index in [1.807, 2.05) is 0 Å². The molecule has 0 aromatic rings. The number of carbonyl (C=O) groups excluding carboxylic acids is 1. The molecule has 0 aromatic heterocycles. The van der Waals surface area contributed by atoms with Gasteiger partial charge in [-0.2, -0.15) is 0 Å². The highest BCUT2D eigenvalue weighted by atomic mass is 16.5. The molecule has 2 unspecified atom stereocenters. The average molecular weight is 228 g/mol. The first kappa shape index (κ1) is 11.3. The van der Waals surface area contributed by atoms with E-state index in [-0.39, 0.29) is 12.6 Å². The van der Waals surface area contributed by atoms with Crippen LogP contribution in [0.25, 0.3) is 0 Å². The number of ether oxygens (including phenoxy) is 1. The number of nitrogens with one attached hydrogen (secondary N) is 1. The van der Waals surface area contributed by atoms with Crippen LogP contribution in [0.15, 0.2) is 0 Å². The number of hydrogen-bond acceptors (Lipinski definition) is 4. The van der Waals surface area contributed by atoms with E-state index in [9.17, 15) is 9.59 Å². The van der Waals surface area contributed by atoms with Crippen molar-refractivity contribution in [3.8, 4) is 0 Å². The molecule has 1 amide bonds. The highest BCUT2D eigenvalue weighted by Crippen LogP contribution is 2.22. The van der Waals surface area contributed by atoms with Crippen LogP contribution in [0.1, 0.15) is 12.8 Å². The molecule has 0 radical (unpaired) electrons. The van der Waals surface area contributed by atoms with Gasteiger partial charge in [0, 0.05) is 19.1 Å². The Balaban J connectivity index is 1.75. The van der Waals surface area contributed by atoms with Crippen molar-refractivity contribution in [1.82, 2.24) is 10.2 Å². The molecule has 2 aliphatic rings. The highest BCUT2D eigenvalue weighted by Gasteiger charge is 2.32. The molecule has 2 saturated heterocycles. The van der Waals surface area contributed by atoms with Gasteiger partial charge in [0.25, 0.3) is 0 Å². The molecule has 2 heterocycles. The number of morpholine rings is 1. The van der Waals surface area contributed by atoms with Gasteiger partial charge < -0.3 is 15.2 Å². The maximum Gasteiger partial charge on any atom is 0.394 e. The maximum absolute atomic E-state index is 10.8. The lowest BCUT2D eigenvalue weighted by atomic mass is 10.2. The van der Waals surface area contributed by atoms with E-state index < -0.39 is 11.9 Å². The molecule has 0 saturated carbocycles. The third-order valence-electron chi connectivity index (χ3n) is 3.15. The SMILES string of the molecule is O=C(O)C(=O)NCC1CN2CCCC2CO1. The van der Waals surface area contributed by atoms with Crippen LogP contribution in [0, 0.1) is 0 Å². The van der Waals surface area contributed by atoms with Gasteiger partial charge in [-0.1, -0.05) is 0 Å². The molecule has 6 nitrogen and oxygen atoms in total. The summed E-state index contributed by atoms with van der Waals surface area (Å²) in [4.78, 5) is 23.5. The number of hydrogen-bond donors (Lipinski definition) is 2. The molecule has 0 spiro atoms. The Morgan fingerprint density at radius 1 is 1.50 bits per heavy atom. The summed E-state index contributed by atoms with van der Waals surface area (Å²) in [5.41, 5.74) is 0. The van der Waals surface area contributed by atoms with E-state index >= 15 is 0 Å². The fraction of sp³-hybridized carbons (Fsp3) is 0.800. The monoisotopic (exact) mass is 228 g/mol. The largest absolute Gasteiger partial charge is 0.474 e. The van der Waals surface area contributed by atoms with Crippen molar-refractivity contribution >= 4 is 11.9 Å². The number of aliphatic carboxylic acids is 1. The summed E-state index contributed by atoms with van der Waals surface area (Å²) in [5.74, 6) is -2.41. The van der Waals surface area contributed by atoms with Crippen LogP contribution < -0.4 is 5.32 Å². The maximum atomic E-state index is 10.8. The van der Waals surface area contributed by atoms with Crippen LogP contribution in [-0.4, -0.2) is 60.3 Å². The summed E-state index contributed by atoms with van der Waals surface area (Å²) in [5, 5.41) is 10.7. The first-order valence-electron chi connectivity index (χ1n) is 5.53. The van der Waals surface area contributed by atoms with Gasteiger partial charge in [0.2, 0.25) is 0 Å². The Hall–Kier alpha value is -1.14. The summed E-state index contributed by atoms with van der Waals surface area (Å²) in [6, 6.07) is 0.520. The molecule has 0 aromatic carbocycles. The van der Waals surface area contributed by atoms with Crippen LogP contribution in [0.2, 0.25) is 0 Å². The van der Waals surface area contributed by atoms with Crippen LogP contribution in [0.4, 0.5) is 0 Å². The second kappa shape index (κ2) is 4.80. The molecule has 0 aliphatic carbocycles. The highest BCUT2D eigenvalue weighted by molar-refractivity contribution is 6.31. The molecule has 16 heavy (non-hydrogen) atoms. The third-order valence-corrected chi connectivity index (χ3v) is 3.15. The Kier molecular flexibility index (Phi) is 3.40. The summed E-state index contributed by atoms with van der Waals surface area (Å²) in [6.07, 6.45) is 2.29. The van der Waals surface area contributed by atoms with Crippen LogP contribution in [-0.2, 0) is 14.3 Å². The van der Waals surface area contributed by atoms with Gasteiger partial charge in [0.1, 0.15) is 0 Å². The van der Waals surface area contributed by atoms with Crippen molar-refractivity contribution in [2.24, 2.45) is 0 Å². The number of amides is 1. The topological polar surface area (TPSA) is 78.9 Å². The molecule has 2 N–H and O–H groups in total. The van der Waals surface area contributed by atoms with Crippen molar-refractivity contribution in [3.63, 3.8) is 0 Å². The Bertz CT molecular complexity index is 295. The zero-order valence-corrected chi connectivity index (χ0v) is 9.02. The Labute approximate surface area is 93.6 Å². The zero-order valence-electron chi connectivity index (χ0n) is 9.02. The number of carboxylic acids is 1. The normalized spacial score (nSPS) is 29.8. The van der Waals surface area contributed by atoms with Gasteiger partial charge >= 0.3 is 11.9 Å². The van der Waals surface area contributed by atoms with Gasteiger partial charge in [-0.05, 0) is 19.4 Å². The number of carboxylic acid groups (broad SMARTS) is 1. The predicted molar refractivity (Wildman–Crippen MR) is 55.0 cm³/mol. The molecule has 2 rings (SSSR count). The first-order chi connectivity index (χ1) is 7.66. The zero-order chi connectivity index (χ0) is 11.5. The number of fused-ring (bicyclic) bond motifs is 1. The Morgan fingerprint density at radius 3 is 3.06 bits per heavy atom. The third kappa shape index (κ3) is 2.51. The first-order valence-corrected chi connectivity index (χ1v) is 5.53. The summed E-state index contributed by atoms with van der Waals surface area (Å²) >= 11 is 0. The lowest BCUT2D eigenvalue weighted by molar-refractivity contribution is -0.150. The molecule has 0 bridgehead atoms. The molecule has 6 heteroatoms. The average Bonchev–Trinajstić information content (AvgIpc) is 2.72. The number of carbonyl (C=O) groups is 2. The lowest BCUT2D eigenvalue weighted by Crippen LogP contribution is -2.50. The number of nitrogens with zero attached hydrogens (tertiary/aromatic N) is 1. The van der Waals surface area contributed by atoms with Gasteiger partial charge in [0.15, 0.2) is 0 Å². The van der Waals surface area contributed by atoms with E-state index in [0.717, 1.165) is 13.1 Å². The molecule has 2 fully saturated rings. The molecule has 2 atom stereocenters. The van der Waals surface area contributed by atoms with Crippen molar-refractivity contribution in [1.29, 1.82) is 0 Å². The molecule has 90 valence electrons. The predicted octanol–water partition coefficient (Wildman–Crippen LogP) is -0.950. The summed E-state index contributed by atoms with van der Waals surface area (Å²) < 4.78 is 5.57. The van der Waals surface area contributed by atoms with E-state index in [1.54, 1.807) is 0 Å². The van der Waals surface area contributed by atoms with Crippen molar-refractivity contribution in [2.75, 3.05) is 26.2 Å². The Morgan fingerprint density at radius 2 is 2.31 bits per heavy atom.